The van der Waals surface area contributed by atoms with Crippen molar-refractivity contribution >= 4 is 92.2 Å². The molecule has 59 heavy (non-hydrogen) atoms. The zero-order valence-electron chi connectivity index (χ0n) is 32.3. The molecule has 0 aliphatic carbocycles. The highest BCUT2D eigenvalue weighted by Crippen LogP contribution is 2.50. The highest BCUT2D eigenvalue weighted by molar-refractivity contribution is 7.26. The smallest absolute Gasteiger partial charge is 0.155 e. The summed E-state index contributed by atoms with van der Waals surface area (Å²) in [4.78, 5) is 11.1. The van der Waals surface area contributed by atoms with Crippen molar-refractivity contribution in [3.8, 4) is 16.8 Å². The molecule has 4 nitrogen and oxygen atoms in total. The molecule has 0 saturated heterocycles. The number of para-hydroxylation sites is 1. The zero-order valence-corrected chi connectivity index (χ0v) is 33.1. The van der Waals surface area contributed by atoms with Crippen molar-refractivity contribution in [2.75, 3.05) is 0 Å². The molecule has 2 unspecified atom stereocenters. The highest BCUT2D eigenvalue weighted by atomic mass is 32.1. The fourth-order valence-electron chi connectivity index (χ4n) is 10.2. The molecule has 0 amide bonds. The first-order valence-corrected chi connectivity index (χ1v) is 21.3. The van der Waals surface area contributed by atoms with Gasteiger partial charge in [-0.2, -0.15) is 0 Å². The fourth-order valence-corrected chi connectivity index (χ4v) is 11.3. The summed E-state index contributed by atoms with van der Waals surface area (Å²) < 4.78 is 7.67. The van der Waals surface area contributed by atoms with E-state index in [0.29, 0.717) is 0 Å². The van der Waals surface area contributed by atoms with Gasteiger partial charge in [0.15, 0.2) is 5.84 Å². The molecule has 0 N–H and O–H groups in total. The Morgan fingerprint density at radius 3 is 2.07 bits per heavy atom. The number of hydrogen-bond donors (Lipinski definition) is 0. The van der Waals surface area contributed by atoms with Gasteiger partial charge in [0.05, 0.1) is 39.3 Å². The monoisotopic (exact) mass is 772 g/mol. The van der Waals surface area contributed by atoms with Crippen LogP contribution in [0.5, 0.6) is 0 Å². The Morgan fingerprint density at radius 2 is 1.19 bits per heavy atom. The van der Waals surface area contributed by atoms with Gasteiger partial charge in [-0.3, -0.25) is 4.99 Å². The Bertz CT molecular complexity index is 3660. The van der Waals surface area contributed by atoms with E-state index in [0.717, 1.165) is 34.8 Å². The number of rotatable bonds is 5. The molecule has 5 heteroatoms. The maximum atomic E-state index is 5.58. The van der Waals surface area contributed by atoms with Gasteiger partial charge in [0, 0.05) is 58.9 Å². The molecular weight excluding hydrogens is 737 g/mol. The lowest BCUT2D eigenvalue weighted by atomic mass is 9.89. The van der Waals surface area contributed by atoms with Crippen LogP contribution < -0.4 is 0 Å². The standard InChI is InChI=1S/C54H36N4S/c1-32-29-41(36-18-10-17-35(30-36)33-13-4-2-5-14-33)55-54(56-52(32)34-15-6-3-7-16-34)37-19-11-20-38(31-37)57-43-23-12-24-44-48(43)49-45(57)26-28-46-50(49)51-47(59-46)27-25-40-39-21-8-9-22-42(39)58(44)53(40)51/h2-28,30-32,41H,29H2,1H3. The molecule has 2 atom stereocenters. The van der Waals surface area contributed by atoms with Gasteiger partial charge in [0.2, 0.25) is 0 Å². The lowest BCUT2D eigenvalue weighted by molar-refractivity contribution is 0.581. The van der Waals surface area contributed by atoms with E-state index >= 15 is 0 Å². The fraction of sp³-hybridized carbons (Fsp3) is 0.0741. The third-order valence-electron chi connectivity index (χ3n) is 12.8. The van der Waals surface area contributed by atoms with Crippen LogP contribution in [0.3, 0.4) is 0 Å². The second kappa shape index (κ2) is 12.5. The molecule has 1 aliphatic rings. The van der Waals surface area contributed by atoms with Crippen molar-refractivity contribution in [1.29, 1.82) is 0 Å². The molecule has 13 rings (SSSR count). The minimum Gasteiger partial charge on any atom is -0.309 e. The lowest BCUT2D eigenvalue weighted by Gasteiger charge is -2.18. The molecule has 1 aliphatic heterocycles. The zero-order chi connectivity index (χ0) is 38.8. The van der Waals surface area contributed by atoms with Gasteiger partial charge in [-0.15, -0.1) is 11.3 Å². The van der Waals surface area contributed by atoms with E-state index in [-0.39, 0.29) is 12.0 Å². The summed E-state index contributed by atoms with van der Waals surface area (Å²) in [5.74, 6) is 0.960. The van der Waals surface area contributed by atoms with Gasteiger partial charge < -0.3 is 8.97 Å². The molecule has 0 fully saturated rings. The van der Waals surface area contributed by atoms with Crippen LogP contribution in [0.4, 0.5) is 0 Å². The summed E-state index contributed by atoms with van der Waals surface area (Å²) in [7, 11) is 0. The maximum Gasteiger partial charge on any atom is 0.155 e. The minimum absolute atomic E-state index is 0.0616. The van der Waals surface area contributed by atoms with Crippen molar-refractivity contribution in [1.82, 2.24) is 8.97 Å². The van der Waals surface area contributed by atoms with Gasteiger partial charge in [-0.25, -0.2) is 4.99 Å². The van der Waals surface area contributed by atoms with Gasteiger partial charge in [0.1, 0.15) is 0 Å². The van der Waals surface area contributed by atoms with E-state index in [2.05, 4.69) is 192 Å². The Kier molecular flexibility index (Phi) is 6.96. The second-order valence-electron chi connectivity index (χ2n) is 16.1. The van der Waals surface area contributed by atoms with Gasteiger partial charge >= 0.3 is 0 Å². The SMILES string of the molecule is CC1CC(c2cccc(-c3ccccc3)c2)N=C(c2cccc(-n3c4ccc5sc6ccc7c8ccccc8n8c9cccc3c9c4c5c6c78)c2)N=C1c1ccccc1. The van der Waals surface area contributed by atoms with Crippen molar-refractivity contribution in [2.24, 2.45) is 15.9 Å². The number of nitrogens with zero attached hydrogens (tertiary/aromatic N) is 4. The minimum atomic E-state index is -0.0616. The van der Waals surface area contributed by atoms with Crippen LogP contribution in [-0.2, 0) is 0 Å². The Labute approximate surface area is 344 Å². The molecule has 0 saturated carbocycles. The molecule has 5 heterocycles. The number of hydrogen-bond acceptors (Lipinski definition) is 3. The third kappa shape index (κ3) is 4.76. The van der Waals surface area contributed by atoms with Crippen molar-refractivity contribution in [3.05, 3.63) is 193 Å². The predicted molar refractivity (Wildman–Crippen MR) is 250 cm³/mol. The van der Waals surface area contributed by atoms with Crippen LogP contribution in [0.15, 0.2) is 186 Å². The van der Waals surface area contributed by atoms with Crippen molar-refractivity contribution in [3.63, 3.8) is 0 Å². The molecule has 8 aromatic carbocycles. The van der Waals surface area contributed by atoms with E-state index in [9.17, 15) is 0 Å². The number of amidine groups is 1. The van der Waals surface area contributed by atoms with Crippen LogP contribution in [-0.4, -0.2) is 20.5 Å². The molecule has 0 bridgehead atoms. The summed E-state index contributed by atoms with van der Waals surface area (Å²) in [5.41, 5.74) is 14.1. The molecule has 12 aromatic rings. The largest absolute Gasteiger partial charge is 0.309 e. The van der Waals surface area contributed by atoms with Crippen LogP contribution in [0, 0.1) is 5.92 Å². The molecule has 0 spiro atoms. The third-order valence-corrected chi connectivity index (χ3v) is 13.9. The van der Waals surface area contributed by atoms with Crippen LogP contribution in [0.25, 0.3) is 86.1 Å². The lowest BCUT2D eigenvalue weighted by Crippen LogP contribution is -2.14. The Morgan fingerprint density at radius 1 is 0.508 bits per heavy atom. The number of thiophene rings is 1. The average molecular weight is 773 g/mol. The molecule has 0 radical (unpaired) electrons. The van der Waals surface area contributed by atoms with E-state index in [1.165, 1.54) is 86.0 Å². The van der Waals surface area contributed by atoms with Gasteiger partial charge in [-0.1, -0.05) is 128 Å². The number of aliphatic imine (C=N–C) groups is 2. The first-order valence-electron chi connectivity index (χ1n) is 20.5. The van der Waals surface area contributed by atoms with E-state index in [1.807, 2.05) is 11.3 Å². The average Bonchev–Trinajstić information content (AvgIpc) is 3.87. The summed E-state index contributed by atoms with van der Waals surface area (Å²) in [6.45, 7) is 2.30. The second-order valence-corrected chi connectivity index (χ2v) is 17.2. The van der Waals surface area contributed by atoms with Gasteiger partial charge in [-0.05, 0) is 83.3 Å². The Balaban J connectivity index is 1.05. The Hall–Kier alpha value is -7.08. The first-order chi connectivity index (χ1) is 29.2. The number of benzene rings is 8. The summed E-state index contributed by atoms with van der Waals surface area (Å²) in [6, 6.07) is 64.1. The molecule has 278 valence electrons. The van der Waals surface area contributed by atoms with E-state index < -0.39 is 0 Å². The predicted octanol–water partition coefficient (Wildman–Crippen LogP) is 14.3. The number of aromatic nitrogens is 2. The first kappa shape index (κ1) is 32.9. The normalized spacial score (nSPS) is 16.4. The maximum absolute atomic E-state index is 5.58. The topological polar surface area (TPSA) is 34.1 Å². The highest BCUT2D eigenvalue weighted by Gasteiger charge is 2.28. The molecule has 4 aromatic heterocycles. The quantitative estimate of drug-likeness (QED) is 0.167. The summed E-state index contributed by atoms with van der Waals surface area (Å²) >= 11 is 1.90. The van der Waals surface area contributed by atoms with E-state index in [4.69, 9.17) is 9.98 Å². The summed E-state index contributed by atoms with van der Waals surface area (Å²) in [6.07, 6.45) is 0.860. The van der Waals surface area contributed by atoms with Crippen LogP contribution in [0.1, 0.15) is 36.1 Å². The van der Waals surface area contributed by atoms with E-state index in [1.54, 1.807) is 0 Å². The molecular formula is C54H36N4S. The van der Waals surface area contributed by atoms with Gasteiger partial charge in [0.25, 0.3) is 0 Å². The number of fused-ring (bicyclic) bond motifs is 4. The van der Waals surface area contributed by atoms with Crippen LogP contribution >= 0.6 is 11.3 Å². The van der Waals surface area contributed by atoms with Crippen LogP contribution in [0.2, 0.25) is 0 Å². The summed E-state index contributed by atoms with van der Waals surface area (Å²) in [5, 5.41) is 7.95. The van der Waals surface area contributed by atoms with Crippen molar-refractivity contribution in [2.45, 2.75) is 19.4 Å². The van der Waals surface area contributed by atoms with Crippen molar-refractivity contribution < 1.29 is 0 Å².